The number of halogens is 1. The summed E-state index contributed by atoms with van der Waals surface area (Å²) in [5.74, 6) is -0.383. The smallest absolute Gasteiger partial charge is 0.155 e. The Kier molecular flexibility index (Phi) is 3.74. The van der Waals surface area contributed by atoms with Gasteiger partial charge in [-0.25, -0.2) is 9.37 Å². The van der Waals surface area contributed by atoms with E-state index >= 15 is 0 Å². The van der Waals surface area contributed by atoms with Crippen LogP contribution in [0, 0.1) is 5.82 Å². The van der Waals surface area contributed by atoms with Gasteiger partial charge in [0, 0.05) is 10.5 Å². The molecule has 1 atom stereocenters. The molecule has 1 aromatic heterocycles. The molecule has 0 amide bonds. The van der Waals surface area contributed by atoms with Crippen LogP contribution in [0.4, 0.5) is 4.39 Å². The van der Waals surface area contributed by atoms with Gasteiger partial charge in [-0.2, -0.15) is 0 Å². The minimum absolute atomic E-state index is 0.330. The van der Waals surface area contributed by atoms with Crippen molar-refractivity contribution in [1.29, 1.82) is 0 Å². The molecule has 0 aliphatic carbocycles. The first-order valence-electron chi connectivity index (χ1n) is 6.15. The first kappa shape index (κ1) is 13.5. The summed E-state index contributed by atoms with van der Waals surface area (Å²) in [6.45, 7) is 1.57. The lowest BCUT2D eigenvalue weighted by atomic mass is 10.1. The van der Waals surface area contributed by atoms with Crippen LogP contribution >= 0.6 is 23.1 Å². The van der Waals surface area contributed by atoms with Gasteiger partial charge in [-0.1, -0.05) is 30.0 Å². The van der Waals surface area contributed by atoms with Gasteiger partial charge in [0.1, 0.15) is 5.82 Å². The molecule has 3 aromatic rings. The minimum Gasteiger partial charge on any atom is -0.389 e. The summed E-state index contributed by atoms with van der Waals surface area (Å²) in [4.78, 5) is 5.22. The maximum absolute atomic E-state index is 13.8. The maximum Gasteiger partial charge on any atom is 0.155 e. The first-order valence-corrected chi connectivity index (χ1v) is 7.78. The zero-order valence-electron chi connectivity index (χ0n) is 10.7. The van der Waals surface area contributed by atoms with Crippen molar-refractivity contribution in [2.75, 3.05) is 0 Å². The number of nitrogens with zero attached hydrogens (tertiary/aromatic N) is 1. The average Bonchev–Trinajstić information content (AvgIpc) is 2.80. The SMILES string of the molecule is C[C@@H](O)c1c(F)cccc1Sc1nc2ccccc2s1. The van der Waals surface area contributed by atoms with E-state index in [-0.39, 0.29) is 5.82 Å². The zero-order chi connectivity index (χ0) is 14.1. The fourth-order valence-corrected chi connectivity index (χ4v) is 4.26. The number of benzene rings is 2. The third-order valence-electron chi connectivity index (χ3n) is 2.90. The molecule has 5 heteroatoms. The van der Waals surface area contributed by atoms with Gasteiger partial charge in [-0.05, 0) is 31.2 Å². The Morgan fingerprint density at radius 1 is 1.20 bits per heavy atom. The largest absolute Gasteiger partial charge is 0.389 e. The van der Waals surface area contributed by atoms with Crippen LogP contribution in [0.25, 0.3) is 10.2 Å². The monoisotopic (exact) mass is 305 g/mol. The van der Waals surface area contributed by atoms with Crippen LogP contribution in [0.1, 0.15) is 18.6 Å². The fraction of sp³-hybridized carbons (Fsp3) is 0.133. The van der Waals surface area contributed by atoms with E-state index in [1.807, 2.05) is 30.3 Å². The lowest BCUT2D eigenvalue weighted by molar-refractivity contribution is 0.191. The lowest BCUT2D eigenvalue weighted by Crippen LogP contribution is -1.98. The Morgan fingerprint density at radius 3 is 2.75 bits per heavy atom. The first-order chi connectivity index (χ1) is 9.65. The topological polar surface area (TPSA) is 33.1 Å². The molecule has 0 saturated carbocycles. The highest BCUT2D eigenvalue weighted by atomic mass is 32.2. The van der Waals surface area contributed by atoms with Gasteiger partial charge in [0.05, 0.1) is 16.3 Å². The summed E-state index contributed by atoms with van der Waals surface area (Å²) < 4.78 is 15.8. The van der Waals surface area contributed by atoms with E-state index in [1.165, 1.54) is 17.8 Å². The van der Waals surface area contributed by atoms with Gasteiger partial charge >= 0.3 is 0 Å². The van der Waals surface area contributed by atoms with Crippen molar-refractivity contribution in [1.82, 2.24) is 4.98 Å². The highest BCUT2D eigenvalue weighted by molar-refractivity contribution is 8.01. The summed E-state index contributed by atoms with van der Waals surface area (Å²) >= 11 is 2.96. The lowest BCUT2D eigenvalue weighted by Gasteiger charge is -2.11. The van der Waals surface area contributed by atoms with Crippen molar-refractivity contribution >= 4 is 33.3 Å². The number of aliphatic hydroxyl groups is 1. The summed E-state index contributed by atoms with van der Waals surface area (Å²) in [7, 11) is 0. The molecule has 0 spiro atoms. The Morgan fingerprint density at radius 2 is 2.00 bits per heavy atom. The molecule has 1 heterocycles. The molecule has 20 heavy (non-hydrogen) atoms. The second-order valence-corrected chi connectivity index (χ2v) is 6.70. The fourth-order valence-electron chi connectivity index (χ4n) is 2.00. The molecule has 1 N–H and O–H groups in total. The van der Waals surface area contributed by atoms with Crippen molar-refractivity contribution < 1.29 is 9.50 Å². The summed E-state index contributed by atoms with van der Waals surface area (Å²) in [5.41, 5.74) is 1.27. The molecule has 0 unspecified atom stereocenters. The van der Waals surface area contributed by atoms with E-state index in [9.17, 15) is 9.50 Å². The predicted molar refractivity (Wildman–Crippen MR) is 80.8 cm³/mol. The Balaban J connectivity index is 2.00. The number of aliphatic hydroxyl groups excluding tert-OH is 1. The molecule has 102 valence electrons. The van der Waals surface area contributed by atoms with Crippen LogP contribution in [-0.4, -0.2) is 10.1 Å². The predicted octanol–water partition coefficient (Wildman–Crippen LogP) is 4.64. The third kappa shape index (κ3) is 2.57. The van der Waals surface area contributed by atoms with Crippen LogP contribution in [-0.2, 0) is 0 Å². The third-order valence-corrected chi connectivity index (χ3v) is 5.08. The molecule has 3 rings (SSSR count). The average molecular weight is 305 g/mol. The normalized spacial score (nSPS) is 12.8. The van der Waals surface area contributed by atoms with E-state index in [0.717, 1.165) is 14.6 Å². The number of rotatable bonds is 3. The van der Waals surface area contributed by atoms with Crippen molar-refractivity contribution in [3.8, 4) is 0 Å². The molecule has 2 nitrogen and oxygen atoms in total. The zero-order valence-corrected chi connectivity index (χ0v) is 12.3. The second kappa shape index (κ2) is 5.52. The van der Waals surface area contributed by atoms with E-state index in [2.05, 4.69) is 4.98 Å². The van der Waals surface area contributed by atoms with E-state index in [0.29, 0.717) is 10.5 Å². The summed E-state index contributed by atoms with van der Waals surface area (Å²) in [6, 6.07) is 12.7. The Bertz CT molecular complexity index is 721. The van der Waals surface area contributed by atoms with Crippen molar-refractivity contribution in [2.45, 2.75) is 22.3 Å². The van der Waals surface area contributed by atoms with Crippen LogP contribution in [0.5, 0.6) is 0 Å². The number of hydrogen-bond acceptors (Lipinski definition) is 4. The number of aromatic nitrogens is 1. The molecule has 2 aromatic carbocycles. The molecule has 0 bridgehead atoms. The van der Waals surface area contributed by atoms with Crippen LogP contribution < -0.4 is 0 Å². The minimum atomic E-state index is -0.840. The van der Waals surface area contributed by atoms with Gasteiger partial charge in [-0.15, -0.1) is 11.3 Å². The Hall–Kier alpha value is -1.43. The standard InChI is InChI=1S/C15H12FNOS2/c1-9(18)14-10(16)5-4-8-13(14)20-15-17-11-6-2-3-7-12(11)19-15/h2-9,18H,1H3/t9-/m1/s1. The van der Waals surface area contributed by atoms with Crippen LogP contribution in [0.15, 0.2) is 51.7 Å². The highest BCUT2D eigenvalue weighted by Gasteiger charge is 2.15. The van der Waals surface area contributed by atoms with Gasteiger partial charge in [0.25, 0.3) is 0 Å². The maximum atomic E-state index is 13.8. The van der Waals surface area contributed by atoms with Crippen LogP contribution in [0.3, 0.4) is 0 Å². The molecular formula is C15H12FNOS2. The number of hydrogen-bond donors (Lipinski definition) is 1. The second-order valence-electron chi connectivity index (χ2n) is 4.38. The molecule has 0 aliphatic rings. The van der Waals surface area contributed by atoms with Crippen molar-refractivity contribution in [3.63, 3.8) is 0 Å². The van der Waals surface area contributed by atoms with E-state index < -0.39 is 6.10 Å². The molecular weight excluding hydrogens is 293 g/mol. The van der Waals surface area contributed by atoms with E-state index in [1.54, 1.807) is 24.3 Å². The van der Waals surface area contributed by atoms with Crippen molar-refractivity contribution in [3.05, 3.63) is 53.8 Å². The summed E-state index contributed by atoms with van der Waals surface area (Å²) in [5, 5.41) is 9.73. The molecule has 0 radical (unpaired) electrons. The summed E-state index contributed by atoms with van der Waals surface area (Å²) in [6.07, 6.45) is -0.840. The quantitative estimate of drug-likeness (QED) is 0.765. The number of para-hydroxylation sites is 1. The molecule has 0 saturated heterocycles. The number of thiazole rings is 1. The van der Waals surface area contributed by atoms with Gasteiger partial charge < -0.3 is 5.11 Å². The molecule has 0 fully saturated rings. The molecule has 0 aliphatic heterocycles. The van der Waals surface area contributed by atoms with Gasteiger partial charge in [-0.3, -0.25) is 0 Å². The van der Waals surface area contributed by atoms with E-state index in [4.69, 9.17) is 0 Å². The van der Waals surface area contributed by atoms with Gasteiger partial charge in [0.15, 0.2) is 4.34 Å². The Labute approximate surface area is 124 Å². The number of fused-ring (bicyclic) bond motifs is 1. The highest BCUT2D eigenvalue weighted by Crippen LogP contribution is 2.38. The van der Waals surface area contributed by atoms with Crippen molar-refractivity contribution in [2.24, 2.45) is 0 Å². The van der Waals surface area contributed by atoms with Gasteiger partial charge in [0.2, 0.25) is 0 Å². The van der Waals surface area contributed by atoms with Crippen LogP contribution in [0.2, 0.25) is 0 Å².